The molecule has 2 heterocycles. The summed E-state index contributed by atoms with van der Waals surface area (Å²) in [6, 6.07) is 14.0. The van der Waals surface area contributed by atoms with Crippen LogP contribution >= 0.6 is 0 Å². The van der Waals surface area contributed by atoms with E-state index in [-0.39, 0.29) is 16.6 Å². The average molecular weight is 443 g/mol. The summed E-state index contributed by atoms with van der Waals surface area (Å²) >= 11 is 0. The summed E-state index contributed by atoms with van der Waals surface area (Å²) in [7, 11) is -1.96. The van der Waals surface area contributed by atoms with E-state index in [1.807, 2.05) is 12.1 Å². The number of nitrogens with one attached hydrogen (secondary N) is 1. The van der Waals surface area contributed by atoms with Crippen LogP contribution in [0.2, 0.25) is 0 Å². The number of fused-ring (bicyclic) bond motifs is 1. The number of aliphatic imine (C=N–C) groups is 1. The molecule has 0 saturated carbocycles. The number of hydrogen-bond acceptors (Lipinski definition) is 6. The number of carbonyl (C=O) groups excluding carboxylic acids is 1. The van der Waals surface area contributed by atoms with Crippen molar-refractivity contribution in [3.05, 3.63) is 59.7 Å². The first-order valence-electron chi connectivity index (χ1n) is 10.2. The van der Waals surface area contributed by atoms with Crippen molar-refractivity contribution >= 4 is 21.8 Å². The van der Waals surface area contributed by atoms with Crippen LogP contribution in [0, 0.1) is 0 Å². The second-order valence-corrected chi connectivity index (χ2v) is 9.36. The number of hydrogen-bond donors (Lipinski definition) is 1. The van der Waals surface area contributed by atoms with Crippen LogP contribution in [0.15, 0.2) is 58.4 Å². The van der Waals surface area contributed by atoms with Gasteiger partial charge in [-0.15, -0.1) is 0 Å². The zero-order chi connectivity index (χ0) is 22.0. The first kappa shape index (κ1) is 21.3. The minimum atomic E-state index is -3.61. The molecule has 0 radical (unpaired) electrons. The van der Waals surface area contributed by atoms with Gasteiger partial charge in [0, 0.05) is 38.3 Å². The third-order valence-corrected chi connectivity index (χ3v) is 6.99. The van der Waals surface area contributed by atoms with Crippen LogP contribution < -0.4 is 9.46 Å². The highest BCUT2D eigenvalue weighted by Gasteiger charge is 2.32. The Morgan fingerprint density at radius 1 is 1.10 bits per heavy atom. The monoisotopic (exact) mass is 442 g/mol. The fraction of sp³-hybridized carbons (Fsp3) is 0.364. The predicted molar refractivity (Wildman–Crippen MR) is 118 cm³/mol. The lowest BCUT2D eigenvalue weighted by molar-refractivity contribution is -0.133. The van der Waals surface area contributed by atoms with Gasteiger partial charge in [0.25, 0.3) is 10.0 Å². The maximum atomic E-state index is 12.9. The van der Waals surface area contributed by atoms with Crippen LogP contribution in [0.3, 0.4) is 0 Å². The maximum Gasteiger partial charge on any atom is 0.263 e. The van der Waals surface area contributed by atoms with E-state index in [1.165, 1.54) is 11.6 Å². The molecule has 4 rings (SSSR count). The maximum absolute atomic E-state index is 12.9. The molecule has 0 aliphatic carbocycles. The molecule has 8 nitrogen and oxygen atoms in total. The van der Waals surface area contributed by atoms with Gasteiger partial charge in [-0.1, -0.05) is 24.3 Å². The van der Waals surface area contributed by atoms with Gasteiger partial charge in [-0.05, 0) is 36.8 Å². The molecular weight excluding hydrogens is 416 g/mol. The number of carbonyl (C=O) groups is 1. The van der Waals surface area contributed by atoms with Gasteiger partial charge in [-0.25, -0.2) is 8.42 Å². The van der Waals surface area contributed by atoms with Gasteiger partial charge < -0.3 is 9.64 Å². The Hall–Kier alpha value is -2.91. The summed E-state index contributed by atoms with van der Waals surface area (Å²) in [6.45, 7) is 5.31. The number of amidine groups is 1. The second-order valence-electron chi connectivity index (χ2n) is 7.70. The summed E-state index contributed by atoms with van der Waals surface area (Å²) < 4.78 is 32.1. The highest BCUT2D eigenvalue weighted by molar-refractivity contribution is 7.90. The molecule has 1 saturated heterocycles. The largest absolute Gasteiger partial charge is 0.497 e. The van der Waals surface area contributed by atoms with Crippen molar-refractivity contribution in [2.45, 2.75) is 24.4 Å². The van der Waals surface area contributed by atoms with Crippen LogP contribution in [0.25, 0.3) is 0 Å². The molecule has 1 atom stereocenters. The molecule has 2 aromatic rings. The van der Waals surface area contributed by atoms with Gasteiger partial charge in [0.2, 0.25) is 5.91 Å². The van der Waals surface area contributed by atoms with Crippen LogP contribution in [0.5, 0.6) is 5.75 Å². The van der Waals surface area contributed by atoms with Crippen molar-refractivity contribution in [1.29, 1.82) is 0 Å². The molecular formula is C22H26N4O4S. The summed E-state index contributed by atoms with van der Waals surface area (Å²) in [5.41, 5.74) is 1.71. The van der Waals surface area contributed by atoms with Crippen LogP contribution in [0.1, 0.15) is 18.1 Å². The number of methoxy groups -OCH3 is 1. The summed E-state index contributed by atoms with van der Waals surface area (Å²) in [5.74, 6) is 0.969. The topological polar surface area (TPSA) is 91.3 Å². The van der Waals surface area contributed by atoms with Crippen LogP contribution in [-0.2, 0) is 21.4 Å². The Morgan fingerprint density at radius 2 is 1.77 bits per heavy atom. The fourth-order valence-corrected chi connectivity index (χ4v) is 5.10. The second kappa shape index (κ2) is 8.68. The Balaban J connectivity index is 1.36. The van der Waals surface area contributed by atoms with E-state index in [2.05, 4.69) is 26.7 Å². The van der Waals surface area contributed by atoms with Gasteiger partial charge in [-0.3, -0.25) is 19.4 Å². The molecule has 0 unspecified atom stereocenters. The molecule has 164 valence electrons. The molecule has 1 amide bonds. The molecule has 0 bridgehead atoms. The molecule has 9 heteroatoms. The van der Waals surface area contributed by atoms with E-state index in [1.54, 1.807) is 37.1 Å². The molecule has 0 aromatic heterocycles. The smallest absolute Gasteiger partial charge is 0.263 e. The summed E-state index contributed by atoms with van der Waals surface area (Å²) in [5, 5.41) is 0. The SMILES string of the molecule is COc1ccc(CN2CCN(C(=O)[C@H](C)N=C3NS(=O)(=O)c4ccccc43)CC2)cc1. The number of piperazine rings is 1. The molecule has 1 fully saturated rings. The third kappa shape index (κ3) is 4.57. The first-order chi connectivity index (χ1) is 14.9. The van der Waals surface area contributed by atoms with E-state index in [4.69, 9.17) is 4.74 Å². The molecule has 2 aliphatic heterocycles. The standard InChI is InChI=1S/C22H26N4O4S/c1-16(23-21-19-5-3-4-6-20(19)31(28,29)24-21)22(27)26-13-11-25(12-14-26)15-17-7-9-18(30-2)10-8-17/h3-10,16H,11-15H2,1-2H3,(H,23,24)/t16-/m0/s1. The summed E-state index contributed by atoms with van der Waals surface area (Å²) in [4.78, 5) is 21.6. The van der Waals surface area contributed by atoms with Crippen molar-refractivity contribution in [2.24, 2.45) is 4.99 Å². The van der Waals surface area contributed by atoms with Gasteiger partial charge in [-0.2, -0.15) is 0 Å². The quantitative estimate of drug-likeness (QED) is 0.757. The molecule has 31 heavy (non-hydrogen) atoms. The zero-order valence-electron chi connectivity index (χ0n) is 17.6. The van der Waals surface area contributed by atoms with Gasteiger partial charge in [0.05, 0.1) is 12.0 Å². The lowest BCUT2D eigenvalue weighted by Crippen LogP contribution is -2.50. The minimum Gasteiger partial charge on any atom is -0.497 e. The number of benzene rings is 2. The van der Waals surface area contributed by atoms with E-state index >= 15 is 0 Å². The van der Waals surface area contributed by atoms with Gasteiger partial charge in [0.15, 0.2) is 0 Å². The number of rotatable bonds is 5. The lowest BCUT2D eigenvalue weighted by atomic mass is 10.1. The molecule has 0 spiro atoms. The van der Waals surface area contributed by atoms with Crippen LogP contribution in [-0.4, -0.2) is 69.3 Å². The van der Waals surface area contributed by atoms with E-state index in [9.17, 15) is 13.2 Å². The van der Waals surface area contributed by atoms with Crippen molar-refractivity contribution in [3.8, 4) is 5.75 Å². The molecule has 2 aliphatic rings. The Morgan fingerprint density at radius 3 is 2.45 bits per heavy atom. The van der Waals surface area contributed by atoms with Crippen molar-refractivity contribution in [1.82, 2.24) is 14.5 Å². The number of sulfonamides is 1. The van der Waals surface area contributed by atoms with E-state index < -0.39 is 16.1 Å². The summed E-state index contributed by atoms with van der Waals surface area (Å²) in [6.07, 6.45) is 0. The lowest BCUT2D eigenvalue weighted by Gasteiger charge is -2.35. The van der Waals surface area contributed by atoms with E-state index in [0.717, 1.165) is 25.4 Å². The minimum absolute atomic E-state index is 0.0971. The van der Waals surface area contributed by atoms with E-state index in [0.29, 0.717) is 18.7 Å². The molecule has 2 aromatic carbocycles. The highest BCUT2D eigenvalue weighted by Crippen LogP contribution is 2.23. The van der Waals surface area contributed by atoms with Crippen LogP contribution in [0.4, 0.5) is 0 Å². The Kier molecular flexibility index (Phi) is 5.97. The third-order valence-electron chi connectivity index (χ3n) is 5.59. The average Bonchev–Trinajstić information content (AvgIpc) is 3.04. The van der Waals surface area contributed by atoms with Gasteiger partial charge in [0.1, 0.15) is 17.6 Å². The Bertz CT molecular complexity index is 1090. The predicted octanol–water partition coefficient (Wildman–Crippen LogP) is 1.47. The first-order valence-corrected chi connectivity index (χ1v) is 11.7. The Labute approximate surface area is 182 Å². The highest BCUT2D eigenvalue weighted by atomic mass is 32.2. The number of nitrogens with zero attached hydrogens (tertiary/aromatic N) is 3. The fourth-order valence-electron chi connectivity index (χ4n) is 3.86. The number of ether oxygens (including phenoxy) is 1. The normalized spacial score (nSPS) is 20.2. The van der Waals surface area contributed by atoms with Gasteiger partial charge >= 0.3 is 0 Å². The van der Waals surface area contributed by atoms with Crippen molar-refractivity contribution < 1.29 is 17.9 Å². The van der Waals surface area contributed by atoms with Crippen molar-refractivity contribution in [2.75, 3.05) is 33.3 Å². The number of amides is 1. The zero-order valence-corrected chi connectivity index (χ0v) is 18.4. The van der Waals surface area contributed by atoms with Crippen molar-refractivity contribution in [3.63, 3.8) is 0 Å². The molecule has 1 N–H and O–H groups in total.